The zero-order chi connectivity index (χ0) is 17.4. The lowest BCUT2D eigenvalue weighted by Crippen LogP contribution is -2.49. The van der Waals surface area contributed by atoms with Gasteiger partial charge in [0.2, 0.25) is 5.91 Å². The van der Waals surface area contributed by atoms with Crippen molar-refractivity contribution in [2.24, 2.45) is 5.92 Å². The Balaban J connectivity index is 1.35. The molecular weight excluding hydrogens is 310 g/mol. The molecule has 1 aromatic carbocycles. The minimum atomic E-state index is 0.334. The number of nitrogens with zero attached hydrogens (tertiary/aromatic N) is 2. The summed E-state index contributed by atoms with van der Waals surface area (Å²) in [4.78, 5) is 16.8. The SMILES string of the molecule is CC(C)N1CC(CN2CCC3(CC2)CNc2ccccc23)CCC1=O. The van der Waals surface area contributed by atoms with Crippen LogP contribution in [0.4, 0.5) is 5.69 Å². The van der Waals surface area contributed by atoms with Gasteiger partial charge in [-0.25, -0.2) is 0 Å². The molecule has 1 N–H and O–H groups in total. The van der Waals surface area contributed by atoms with Gasteiger partial charge in [-0.05, 0) is 63.7 Å². The average molecular weight is 341 g/mol. The van der Waals surface area contributed by atoms with Crippen LogP contribution in [0.5, 0.6) is 0 Å². The number of amides is 1. The van der Waals surface area contributed by atoms with Crippen LogP contribution in [0, 0.1) is 5.92 Å². The number of likely N-dealkylation sites (tertiary alicyclic amines) is 2. The van der Waals surface area contributed by atoms with Crippen molar-refractivity contribution in [3.05, 3.63) is 29.8 Å². The third-order valence-electron chi connectivity index (χ3n) is 6.61. The Labute approximate surface area is 151 Å². The molecule has 25 heavy (non-hydrogen) atoms. The summed E-state index contributed by atoms with van der Waals surface area (Å²) in [5.74, 6) is 0.987. The van der Waals surface area contributed by atoms with E-state index < -0.39 is 0 Å². The van der Waals surface area contributed by atoms with E-state index >= 15 is 0 Å². The predicted molar refractivity (Wildman–Crippen MR) is 102 cm³/mol. The van der Waals surface area contributed by atoms with Crippen LogP contribution in [0.2, 0.25) is 0 Å². The molecule has 1 aromatic rings. The number of fused-ring (bicyclic) bond motifs is 2. The summed E-state index contributed by atoms with van der Waals surface area (Å²) in [7, 11) is 0. The van der Waals surface area contributed by atoms with E-state index in [-0.39, 0.29) is 0 Å². The topological polar surface area (TPSA) is 35.6 Å². The van der Waals surface area contributed by atoms with E-state index in [1.54, 1.807) is 0 Å². The van der Waals surface area contributed by atoms with E-state index in [0.29, 0.717) is 23.3 Å². The lowest BCUT2D eigenvalue weighted by molar-refractivity contribution is -0.137. The highest BCUT2D eigenvalue weighted by molar-refractivity contribution is 5.77. The number of carbonyl (C=O) groups excluding carboxylic acids is 1. The molecule has 1 atom stereocenters. The van der Waals surface area contributed by atoms with Gasteiger partial charge >= 0.3 is 0 Å². The maximum Gasteiger partial charge on any atom is 0.222 e. The molecule has 0 bridgehead atoms. The van der Waals surface area contributed by atoms with E-state index in [0.717, 1.165) is 32.5 Å². The second kappa shape index (κ2) is 6.64. The molecule has 1 unspecified atom stereocenters. The Hall–Kier alpha value is -1.55. The van der Waals surface area contributed by atoms with Gasteiger partial charge in [-0.2, -0.15) is 0 Å². The van der Waals surface area contributed by atoms with Crippen molar-refractivity contribution in [2.45, 2.75) is 51.0 Å². The van der Waals surface area contributed by atoms with Gasteiger partial charge in [-0.3, -0.25) is 4.79 Å². The summed E-state index contributed by atoms with van der Waals surface area (Å²) in [6, 6.07) is 9.18. The number of carbonyl (C=O) groups is 1. The number of para-hydroxylation sites is 1. The van der Waals surface area contributed by atoms with Crippen molar-refractivity contribution in [2.75, 3.05) is 38.0 Å². The van der Waals surface area contributed by atoms with Crippen LogP contribution >= 0.6 is 0 Å². The van der Waals surface area contributed by atoms with Crippen LogP contribution in [-0.4, -0.2) is 54.5 Å². The monoisotopic (exact) mass is 341 g/mol. The summed E-state index contributed by atoms with van der Waals surface area (Å²) in [6.07, 6.45) is 4.29. The number of piperidine rings is 2. The molecule has 0 saturated carbocycles. The maximum absolute atomic E-state index is 12.1. The third-order valence-corrected chi connectivity index (χ3v) is 6.61. The molecule has 3 heterocycles. The van der Waals surface area contributed by atoms with Crippen LogP contribution in [0.25, 0.3) is 0 Å². The lowest BCUT2D eigenvalue weighted by Gasteiger charge is -2.42. The maximum atomic E-state index is 12.1. The molecule has 136 valence electrons. The Kier molecular flexibility index (Phi) is 4.48. The van der Waals surface area contributed by atoms with Gasteiger partial charge in [0.1, 0.15) is 0 Å². The number of nitrogens with one attached hydrogen (secondary N) is 1. The van der Waals surface area contributed by atoms with Crippen molar-refractivity contribution in [3.63, 3.8) is 0 Å². The van der Waals surface area contributed by atoms with Crippen LogP contribution in [0.15, 0.2) is 24.3 Å². The summed E-state index contributed by atoms with van der Waals surface area (Å²) in [5.41, 5.74) is 3.22. The quantitative estimate of drug-likeness (QED) is 0.918. The first-order valence-corrected chi connectivity index (χ1v) is 9.93. The molecule has 4 nitrogen and oxygen atoms in total. The first-order chi connectivity index (χ1) is 12.1. The van der Waals surface area contributed by atoms with E-state index in [1.807, 2.05) is 0 Å². The van der Waals surface area contributed by atoms with Crippen molar-refractivity contribution >= 4 is 11.6 Å². The van der Waals surface area contributed by atoms with Crippen molar-refractivity contribution < 1.29 is 4.79 Å². The number of anilines is 1. The van der Waals surface area contributed by atoms with Gasteiger partial charge in [0.15, 0.2) is 0 Å². The largest absolute Gasteiger partial charge is 0.384 e. The molecule has 0 aromatic heterocycles. The number of benzene rings is 1. The summed E-state index contributed by atoms with van der Waals surface area (Å²) < 4.78 is 0. The highest BCUT2D eigenvalue weighted by Gasteiger charge is 2.41. The van der Waals surface area contributed by atoms with Crippen molar-refractivity contribution in [1.29, 1.82) is 0 Å². The molecule has 4 rings (SSSR count). The number of rotatable bonds is 3. The Bertz CT molecular complexity index is 634. The molecule has 3 aliphatic rings. The predicted octanol–water partition coefficient (Wildman–Crippen LogP) is 3.09. The Morgan fingerprint density at radius 2 is 2.00 bits per heavy atom. The fourth-order valence-corrected chi connectivity index (χ4v) is 5.02. The van der Waals surface area contributed by atoms with Crippen LogP contribution in [0.1, 0.15) is 45.1 Å². The van der Waals surface area contributed by atoms with Crippen molar-refractivity contribution in [3.8, 4) is 0 Å². The minimum absolute atomic E-state index is 0.334. The van der Waals surface area contributed by atoms with Gasteiger partial charge in [0, 0.05) is 43.2 Å². The second-order valence-corrected chi connectivity index (χ2v) is 8.52. The van der Waals surface area contributed by atoms with Crippen LogP contribution < -0.4 is 5.32 Å². The molecule has 2 saturated heterocycles. The van der Waals surface area contributed by atoms with Gasteiger partial charge in [-0.15, -0.1) is 0 Å². The Morgan fingerprint density at radius 1 is 1.24 bits per heavy atom. The molecule has 0 radical (unpaired) electrons. The molecule has 1 spiro atoms. The molecule has 4 heteroatoms. The first kappa shape index (κ1) is 16.9. The average Bonchev–Trinajstić information content (AvgIpc) is 2.97. The Morgan fingerprint density at radius 3 is 2.76 bits per heavy atom. The standard InChI is InChI=1S/C21H31N3O/c1-16(2)24-14-17(7-8-20(24)25)13-23-11-9-21(10-12-23)15-22-19-6-4-3-5-18(19)21/h3-6,16-17,22H,7-15H2,1-2H3. The second-order valence-electron chi connectivity index (χ2n) is 8.52. The molecule has 1 amide bonds. The summed E-state index contributed by atoms with van der Waals surface area (Å²) in [5, 5.41) is 3.62. The number of hydrogen-bond donors (Lipinski definition) is 1. The molecular formula is C21H31N3O. The smallest absolute Gasteiger partial charge is 0.222 e. The lowest BCUT2D eigenvalue weighted by atomic mass is 9.74. The molecule has 0 aliphatic carbocycles. The minimum Gasteiger partial charge on any atom is -0.384 e. The van der Waals surface area contributed by atoms with Crippen LogP contribution in [0.3, 0.4) is 0 Å². The zero-order valence-electron chi connectivity index (χ0n) is 15.6. The molecule has 2 fully saturated rings. The highest BCUT2D eigenvalue weighted by Crippen LogP contribution is 2.43. The van der Waals surface area contributed by atoms with Gasteiger partial charge < -0.3 is 15.1 Å². The van der Waals surface area contributed by atoms with E-state index in [1.165, 1.54) is 37.2 Å². The fourth-order valence-electron chi connectivity index (χ4n) is 5.02. The van der Waals surface area contributed by atoms with E-state index in [2.05, 4.69) is 53.2 Å². The van der Waals surface area contributed by atoms with Gasteiger partial charge in [0.25, 0.3) is 0 Å². The van der Waals surface area contributed by atoms with E-state index in [4.69, 9.17) is 0 Å². The number of hydrogen-bond acceptors (Lipinski definition) is 3. The van der Waals surface area contributed by atoms with Crippen molar-refractivity contribution in [1.82, 2.24) is 9.80 Å². The van der Waals surface area contributed by atoms with E-state index in [9.17, 15) is 4.79 Å². The summed E-state index contributed by atoms with van der Waals surface area (Å²) >= 11 is 0. The third kappa shape index (κ3) is 3.17. The summed E-state index contributed by atoms with van der Waals surface area (Å²) in [6.45, 7) is 9.83. The first-order valence-electron chi connectivity index (χ1n) is 9.93. The highest BCUT2D eigenvalue weighted by atomic mass is 16.2. The normalized spacial score (nSPS) is 26.1. The van der Waals surface area contributed by atoms with Gasteiger partial charge in [0.05, 0.1) is 0 Å². The van der Waals surface area contributed by atoms with Gasteiger partial charge in [-0.1, -0.05) is 18.2 Å². The fraction of sp³-hybridized carbons (Fsp3) is 0.667. The van der Waals surface area contributed by atoms with Crippen LogP contribution in [-0.2, 0) is 10.2 Å². The molecule has 3 aliphatic heterocycles. The zero-order valence-corrected chi connectivity index (χ0v) is 15.6.